The highest BCUT2D eigenvalue weighted by Gasteiger charge is 2.10. The number of benzene rings is 2. The second-order valence-corrected chi connectivity index (χ2v) is 7.52. The smallest absolute Gasteiger partial charge is 0.258 e. The van der Waals surface area contributed by atoms with Gasteiger partial charge >= 0.3 is 0 Å². The Morgan fingerprint density at radius 3 is 2.61 bits per heavy atom. The summed E-state index contributed by atoms with van der Waals surface area (Å²) in [5.41, 5.74) is 2.17. The molecule has 0 atom stereocenters. The Bertz CT molecular complexity index is 795. The number of nitrogens with zero attached hydrogens (tertiary/aromatic N) is 1. The molecule has 0 aliphatic carbocycles. The van der Waals surface area contributed by atoms with E-state index >= 15 is 0 Å². The van der Waals surface area contributed by atoms with Gasteiger partial charge in [0.25, 0.3) is 5.91 Å². The summed E-state index contributed by atoms with van der Waals surface area (Å²) in [4.78, 5) is 14.5. The number of rotatable bonds is 12. The van der Waals surface area contributed by atoms with Crippen molar-refractivity contribution in [1.29, 1.82) is 0 Å². The Kier molecular flexibility index (Phi) is 9.63. The van der Waals surface area contributed by atoms with Crippen LogP contribution in [0.2, 0.25) is 0 Å². The third kappa shape index (κ3) is 8.20. The summed E-state index contributed by atoms with van der Waals surface area (Å²) in [6, 6.07) is 15.6. The number of hydrogen-bond acceptors (Lipinski definition) is 6. The molecular weight excluding hydrogens is 394 g/mol. The Balaban J connectivity index is 1.36. The number of hydrogen-bond donors (Lipinski definition) is 2. The lowest BCUT2D eigenvalue weighted by atomic mass is 10.2. The van der Waals surface area contributed by atoms with E-state index in [1.54, 1.807) is 7.11 Å². The molecule has 1 fully saturated rings. The van der Waals surface area contributed by atoms with Crippen molar-refractivity contribution in [3.8, 4) is 11.5 Å². The maximum Gasteiger partial charge on any atom is 0.258 e. The second-order valence-electron chi connectivity index (χ2n) is 7.52. The zero-order chi connectivity index (χ0) is 21.7. The third-order valence-corrected chi connectivity index (χ3v) is 5.18. The minimum Gasteiger partial charge on any atom is -0.493 e. The molecule has 0 saturated carbocycles. The molecule has 0 bridgehead atoms. The van der Waals surface area contributed by atoms with Crippen LogP contribution in [0.5, 0.6) is 11.5 Å². The minimum absolute atomic E-state index is 0.0532. The summed E-state index contributed by atoms with van der Waals surface area (Å²) >= 11 is 0. The largest absolute Gasteiger partial charge is 0.493 e. The van der Waals surface area contributed by atoms with E-state index in [-0.39, 0.29) is 12.5 Å². The number of methoxy groups -OCH3 is 1. The van der Waals surface area contributed by atoms with Crippen LogP contribution >= 0.6 is 0 Å². The van der Waals surface area contributed by atoms with Gasteiger partial charge in [-0.3, -0.25) is 9.69 Å². The monoisotopic (exact) mass is 427 g/mol. The van der Waals surface area contributed by atoms with Gasteiger partial charge in [-0.1, -0.05) is 36.4 Å². The average Bonchev–Trinajstić information content (AvgIpc) is 2.82. The molecule has 3 rings (SSSR count). The van der Waals surface area contributed by atoms with Crippen molar-refractivity contribution in [1.82, 2.24) is 15.5 Å². The highest BCUT2D eigenvalue weighted by atomic mass is 16.5. The van der Waals surface area contributed by atoms with Crippen LogP contribution in [0.4, 0.5) is 0 Å². The van der Waals surface area contributed by atoms with Crippen molar-refractivity contribution in [3.63, 3.8) is 0 Å². The summed E-state index contributed by atoms with van der Waals surface area (Å²) < 4.78 is 16.5. The molecule has 0 radical (unpaired) electrons. The van der Waals surface area contributed by atoms with Gasteiger partial charge in [0, 0.05) is 26.2 Å². The third-order valence-electron chi connectivity index (χ3n) is 5.18. The fourth-order valence-electron chi connectivity index (χ4n) is 3.42. The first kappa shape index (κ1) is 23.1. The Hall–Kier alpha value is -2.61. The number of carbonyl (C=O) groups is 1. The van der Waals surface area contributed by atoms with Crippen molar-refractivity contribution in [2.24, 2.45) is 0 Å². The topological polar surface area (TPSA) is 72.1 Å². The van der Waals surface area contributed by atoms with Gasteiger partial charge in [-0.2, -0.15) is 0 Å². The SMILES string of the molecule is COc1cc(CNCCCN2CCOCC2)ccc1OCC(=O)NCc1ccccc1. The van der Waals surface area contributed by atoms with Crippen LogP contribution in [-0.2, 0) is 22.6 Å². The summed E-state index contributed by atoms with van der Waals surface area (Å²) in [7, 11) is 1.61. The predicted octanol–water partition coefficient (Wildman–Crippen LogP) is 2.20. The highest BCUT2D eigenvalue weighted by molar-refractivity contribution is 5.77. The van der Waals surface area contributed by atoms with Crippen LogP contribution in [0.25, 0.3) is 0 Å². The van der Waals surface area contributed by atoms with Gasteiger partial charge in [0.05, 0.1) is 20.3 Å². The highest BCUT2D eigenvalue weighted by Crippen LogP contribution is 2.28. The normalized spacial score (nSPS) is 14.2. The molecule has 168 valence electrons. The maximum atomic E-state index is 12.1. The van der Waals surface area contributed by atoms with Crippen molar-refractivity contribution < 1.29 is 19.0 Å². The van der Waals surface area contributed by atoms with E-state index in [9.17, 15) is 4.79 Å². The summed E-state index contributed by atoms with van der Waals surface area (Å²) in [6.07, 6.45) is 1.11. The van der Waals surface area contributed by atoms with E-state index in [1.807, 2.05) is 48.5 Å². The minimum atomic E-state index is -0.170. The molecule has 1 aliphatic rings. The fourth-order valence-corrected chi connectivity index (χ4v) is 3.42. The van der Waals surface area contributed by atoms with Crippen LogP contribution in [0.3, 0.4) is 0 Å². The lowest BCUT2D eigenvalue weighted by Crippen LogP contribution is -2.37. The van der Waals surface area contributed by atoms with E-state index in [0.717, 1.165) is 63.5 Å². The lowest BCUT2D eigenvalue weighted by molar-refractivity contribution is -0.123. The molecule has 0 spiro atoms. The molecule has 1 heterocycles. The Morgan fingerprint density at radius 2 is 1.84 bits per heavy atom. The van der Waals surface area contributed by atoms with Crippen LogP contribution in [-0.4, -0.2) is 63.9 Å². The molecule has 7 nitrogen and oxygen atoms in total. The molecular formula is C24H33N3O4. The van der Waals surface area contributed by atoms with E-state index < -0.39 is 0 Å². The standard InChI is InChI=1S/C24H33N3O4/c1-29-23-16-21(17-25-10-5-11-27-12-14-30-15-13-27)8-9-22(23)31-19-24(28)26-18-20-6-3-2-4-7-20/h2-4,6-9,16,25H,5,10-15,17-19H2,1H3,(H,26,28). The van der Waals surface area contributed by atoms with Crippen LogP contribution < -0.4 is 20.1 Å². The van der Waals surface area contributed by atoms with Crippen molar-refractivity contribution in [2.45, 2.75) is 19.5 Å². The second kappa shape index (κ2) is 12.9. The molecule has 1 aliphatic heterocycles. The first-order valence-corrected chi connectivity index (χ1v) is 10.9. The van der Waals surface area contributed by atoms with Gasteiger partial charge in [0.2, 0.25) is 0 Å². The summed E-state index contributed by atoms with van der Waals surface area (Å²) in [5, 5.41) is 6.33. The van der Waals surface area contributed by atoms with E-state index in [1.165, 1.54) is 0 Å². The molecule has 7 heteroatoms. The molecule has 0 unspecified atom stereocenters. The summed E-state index contributed by atoms with van der Waals surface area (Å²) in [6.45, 7) is 6.99. The van der Waals surface area contributed by atoms with Gasteiger partial charge < -0.3 is 24.8 Å². The first-order chi connectivity index (χ1) is 15.2. The maximum absolute atomic E-state index is 12.1. The van der Waals surface area contributed by atoms with Gasteiger partial charge in [-0.15, -0.1) is 0 Å². The molecule has 1 saturated heterocycles. The van der Waals surface area contributed by atoms with Crippen molar-refractivity contribution in [2.75, 3.05) is 53.1 Å². The fraction of sp³-hybridized carbons (Fsp3) is 0.458. The van der Waals surface area contributed by atoms with Crippen LogP contribution in [0, 0.1) is 0 Å². The van der Waals surface area contributed by atoms with Crippen LogP contribution in [0.1, 0.15) is 17.5 Å². The number of carbonyl (C=O) groups excluding carboxylic acids is 1. The first-order valence-electron chi connectivity index (χ1n) is 10.9. The van der Waals surface area contributed by atoms with Gasteiger partial charge in [-0.05, 0) is 42.8 Å². The molecule has 1 amide bonds. The zero-order valence-electron chi connectivity index (χ0n) is 18.3. The molecule has 31 heavy (non-hydrogen) atoms. The predicted molar refractivity (Wildman–Crippen MR) is 120 cm³/mol. The van der Waals surface area contributed by atoms with Gasteiger partial charge in [-0.25, -0.2) is 0 Å². The lowest BCUT2D eigenvalue weighted by Gasteiger charge is -2.26. The number of amides is 1. The molecule has 2 N–H and O–H groups in total. The quantitative estimate of drug-likeness (QED) is 0.506. The zero-order valence-corrected chi connectivity index (χ0v) is 18.3. The number of nitrogens with one attached hydrogen (secondary N) is 2. The van der Waals surface area contributed by atoms with Crippen molar-refractivity contribution >= 4 is 5.91 Å². The Morgan fingerprint density at radius 1 is 1.03 bits per heavy atom. The average molecular weight is 428 g/mol. The van der Waals surface area contributed by atoms with Gasteiger partial charge in [0.1, 0.15) is 0 Å². The number of morpholine rings is 1. The van der Waals surface area contributed by atoms with E-state index in [0.29, 0.717) is 18.0 Å². The van der Waals surface area contributed by atoms with Crippen LogP contribution in [0.15, 0.2) is 48.5 Å². The van der Waals surface area contributed by atoms with E-state index in [4.69, 9.17) is 14.2 Å². The molecule has 2 aromatic rings. The molecule has 2 aromatic carbocycles. The Labute approximate surface area is 184 Å². The molecule has 0 aromatic heterocycles. The number of ether oxygens (including phenoxy) is 3. The van der Waals surface area contributed by atoms with E-state index in [2.05, 4.69) is 15.5 Å². The summed E-state index contributed by atoms with van der Waals surface area (Å²) in [5.74, 6) is 1.02. The van der Waals surface area contributed by atoms with Crippen molar-refractivity contribution in [3.05, 3.63) is 59.7 Å². The van der Waals surface area contributed by atoms with Gasteiger partial charge in [0.15, 0.2) is 18.1 Å².